The minimum Gasteiger partial charge on any atom is -0.319 e. The summed E-state index contributed by atoms with van der Waals surface area (Å²) in [6, 6.07) is 6.07. The highest BCUT2D eigenvalue weighted by molar-refractivity contribution is 7.13. The quantitative estimate of drug-likeness (QED) is 0.881. The lowest BCUT2D eigenvalue weighted by Crippen LogP contribution is -2.08. The molecule has 1 atom stereocenters. The van der Waals surface area contributed by atoms with Crippen LogP contribution in [0.15, 0.2) is 23.6 Å². The zero-order chi connectivity index (χ0) is 10.8. The van der Waals surface area contributed by atoms with E-state index in [1.54, 1.807) is 22.7 Å². The van der Waals surface area contributed by atoms with Gasteiger partial charge >= 0.3 is 0 Å². The van der Waals surface area contributed by atoms with Gasteiger partial charge in [0.05, 0.1) is 11.1 Å². The lowest BCUT2D eigenvalue weighted by atomic mass is 10.2. The Morgan fingerprint density at radius 3 is 2.73 bits per heavy atom. The summed E-state index contributed by atoms with van der Waals surface area (Å²) in [6.45, 7) is 2.15. The number of rotatable bonds is 3. The fraction of sp³-hybridized carbons (Fsp3) is 0.273. The molecule has 2 rings (SSSR count). The molecular weight excluding hydrogens is 246 g/mol. The van der Waals surface area contributed by atoms with E-state index in [-0.39, 0.29) is 6.04 Å². The number of nitrogens with two attached hydrogens (primary N) is 1. The molecule has 1 unspecified atom stereocenters. The van der Waals surface area contributed by atoms with Crippen LogP contribution in [0.25, 0.3) is 0 Å². The summed E-state index contributed by atoms with van der Waals surface area (Å²) in [6.07, 6.45) is 1.07. The Labute approximate surface area is 103 Å². The van der Waals surface area contributed by atoms with Gasteiger partial charge in [0.15, 0.2) is 0 Å². The predicted octanol–water partition coefficient (Wildman–Crippen LogP) is 4.07. The summed E-state index contributed by atoms with van der Waals surface area (Å²) >= 11 is 9.45. The Morgan fingerprint density at radius 1 is 1.40 bits per heavy atom. The minimum absolute atomic E-state index is 0.0669. The van der Waals surface area contributed by atoms with E-state index in [0.29, 0.717) is 0 Å². The van der Waals surface area contributed by atoms with Gasteiger partial charge < -0.3 is 5.73 Å². The van der Waals surface area contributed by atoms with Gasteiger partial charge in [-0.1, -0.05) is 18.5 Å². The lowest BCUT2D eigenvalue weighted by Gasteiger charge is -2.07. The van der Waals surface area contributed by atoms with Crippen LogP contribution in [0.3, 0.4) is 0 Å². The van der Waals surface area contributed by atoms with Crippen molar-refractivity contribution in [2.24, 2.45) is 5.73 Å². The number of hydrogen-bond acceptors (Lipinski definition) is 3. The predicted molar refractivity (Wildman–Crippen MR) is 69.1 cm³/mol. The van der Waals surface area contributed by atoms with Crippen molar-refractivity contribution in [3.8, 4) is 0 Å². The van der Waals surface area contributed by atoms with Crippen LogP contribution < -0.4 is 5.73 Å². The zero-order valence-corrected chi connectivity index (χ0v) is 10.8. The third-order valence-electron chi connectivity index (χ3n) is 2.26. The Bertz CT molecular complexity index is 447. The Balaban J connectivity index is 2.28. The van der Waals surface area contributed by atoms with E-state index in [0.717, 1.165) is 16.3 Å². The molecule has 0 saturated heterocycles. The second kappa shape index (κ2) is 4.66. The molecule has 0 aromatic carbocycles. The molecule has 0 radical (unpaired) electrons. The van der Waals surface area contributed by atoms with Crippen molar-refractivity contribution in [3.05, 3.63) is 43.2 Å². The van der Waals surface area contributed by atoms with Crippen molar-refractivity contribution in [3.63, 3.8) is 0 Å². The van der Waals surface area contributed by atoms with Gasteiger partial charge in [-0.2, -0.15) is 0 Å². The second-order valence-corrected chi connectivity index (χ2v) is 5.82. The monoisotopic (exact) mass is 257 g/mol. The summed E-state index contributed by atoms with van der Waals surface area (Å²) in [5, 5.41) is 2.75. The maximum Gasteiger partial charge on any atom is 0.0755 e. The molecule has 1 nitrogen and oxygen atoms in total. The van der Waals surface area contributed by atoms with Crippen molar-refractivity contribution in [1.29, 1.82) is 0 Å². The van der Waals surface area contributed by atoms with E-state index in [4.69, 9.17) is 17.3 Å². The van der Waals surface area contributed by atoms with Crippen LogP contribution in [0, 0.1) is 0 Å². The maximum absolute atomic E-state index is 6.17. The van der Waals surface area contributed by atoms with Crippen LogP contribution in [0.4, 0.5) is 0 Å². The van der Waals surface area contributed by atoms with Crippen LogP contribution >= 0.6 is 34.3 Å². The highest BCUT2D eigenvalue weighted by atomic mass is 35.5. The molecule has 4 heteroatoms. The number of halogens is 1. The molecule has 0 fully saturated rings. The van der Waals surface area contributed by atoms with Crippen molar-refractivity contribution in [2.45, 2.75) is 19.4 Å². The number of aryl methyl sites for hydroxylation is 1. The third-order valence-corrected chi connectivity index (χ3v) is 5.02. The molecule has 0 bridgehead atoms. The molecule has 0 aliphatic rings. The van der Waals surface area contributed by atoms with E-state index in [2.05, 4.69) is 19.1 Å². The third kappa shape index (κ3) is 2.26. The van der Waals surface area contributed by atoms with Crippen molar-refractivity contribution >= 4 is 34.3 Å². The van der Waals surface area contributed by atoms with Gasteiger partial charge in [0, 0.05) is 14.6 Å². The molecule has 2 heterocycles. The van der Waals surface area contributed by atoms with Gasteiger partial charge in [-0.15, -0.1) is 22.7 Å². The van der Waals surface area contributed by atoms with E-state index >= 15 is 0 Å². The molecule has 2 N–H and O–H groups in total. The molecular formula is C11H12ClNS2. The van der Waals surface area contributed by atoms with Crippen LogP contribution in [0.1, 0.15) is 27.6 Å². The van der Waals surface area contributed by atoms with E-state index < -0.39 is 0 Å². The van der Waals surface area contributed by atoms with Crippen LogP contribution in [-0.4, -0.2) is 0 Å². The number of hydrogen-bond donors (Lipinski definition) is 1. The van der Waals surface area contributed by atoms with E-state index in [1.807, 2.05) is 11.4 Å². The number of thiophene rings is 2. The van der Waals surface area contributed by atoms with Gasteiger partial charge in [-0.05, 0) is 30.0 Å². The summed E-state index contributed by atoms with van der Waals surface area (Å²) < 4.78 is 0. The fourth-order valence-corrected chi connectivity index (χ4v) is 3.64. The molecule has 0 saturated carbocycles. The molecule has 80 valence electrons. The van der Waals surface area contributed by atoms with Crippen LogP contribution in [0.5, 0.6) is 0 Å². The van der Waals surface area contributed by atoms with Gasteiger partial charge in [-0.25, -0.2) is 0 Å². The fourth-order valence-electron chi connectivity index (χ4n) is 1.41. The smallest absolute Gasteiger partial charge is 0.0755 e. The average Bonchev–Trinajstić information content (AvgIpc) is 2.84. The largest absolute Gasteiger partial charge is 0.319 e. The minimum atomic E-state index is -0.0669. The Hall–Kier alpha value is -0.350. The summed E-state index contributed by atoms with van der Waals surface area (Å²) in [4.78, 5) is 3.62. The molecule has 0 amide bonds. The first kappa shape index (κ1) is 11.1. The Morgan fingerprint density at radius 2 is 2.20 bits per heavy atom. The first-order valence-corrected chi connectivity index (χ1v) is 6.87. The molecule has 2 aromatic rings. The van der Waals surface area contributed by atoms with Crippen molar-refractivity contribution < 1.29 is 0 Å². The normalized spacial score (nSPS) is 13.0. The molecule has 2 aromatic heterocycles. The van der Waals surface area contributed by atoms with Gasteiger partial charge in [-0.3, -0.25) is 0 Å². The average molecular weight is 258 g/mol. The van der Waals surface area contributed by atoms with Gasteiger partial charge in [0.2, 0.25) is 0 Å². The van der Waals surface area contributed by atoms with Crippen LogP contribution in [-0.2, 0) is 6.42 Å². The van der Waals surface area contributed by atoms with E-state index in [9.17, 15) is 0 Å². The standard InChI is InChI=1S/C11H12ClNS2/c1-2-7-3-4-9(15-7)10(13)11-8(12)5-6-14-11/h3-6,10H,2,13H2,1H3. The van der Waals surface area contributed by atoms with Gasteiger partial charge in [0.1, 0.15) is 0 Å². The first-order chi connectivity index (χ1) is 7.22. The summed E-state index contributed by atoms with van der Waals surface area (Å²) in [5.41, 5.74) is 6.17. The second-order valence-electron chi connectivity index (χ2n) is 3.27. The zero-order valence-electron chi connectivity index (χ0n) is 8.37. The lowest BCUT2D eigenvalue weighted by molar-refractivity contribution is 0.918. The van der Waals surface area contributed by atoms with Crippen molar-refractivity contribution in [2.75, 3.05) is 0 Å². The van der Waals surface area contributed by atoms with Crippen molar-refractivity contribution in [1.82, 2.24) is 0 Å². The molecule has 0 aliphatic heterocycles. The summed E-state index contributed by atoms with van der Waals surface area (Å²) in [5.74, 6) is 0. The molecule has 15 heavy (non-hydrogen) atoms. The first-order valence-electron chi connectivity index (χ1n) is 4.79. The molecule has 0 spiro atoms. The molecule has 0 aliphatic carbocycles. The Kier molecular flexibility index (Phi) is 3.46. The highest BCUT2D eigenvalue weighted by Gasteiger charge is 2.15. The SMILES string of the molecule is CCc1ccc(C(N)c2sccc2Cl)s1. The maximum atomic E-state index is 6.17. The highest BCUT2D eigenvalue weighted by Crippen LogP contribution is 2.34. The van der Waals surface area contributed by atoms with Crippen LogP contribution in [0.2, 0.25) is 5.02 Å². The topological polar surface area (TPSA) is 26.0 Å². The van der Waals surface area contributed by atoms with Gasteiger partial charge in [0.25, 0.3) is 0 Å². The summed E-state index contributed by atoms with van der Waals surface area (Å²) in [7, 11) is 0. The van der Waals surface area contributed by atoms with E-state index in [1.165, 1.54) is 9.75 Å².